The zero-order valence-corrected chi connectivity index (χ0v) is 11.2. The summed E-state index contributed by atoms with van der Waals surface area (Å²) in [4.78, 5) is 12.1. The van der Waals surface area contributed by atoms with Gasteiger partial charge in [0.2, 0.25) is 0 Å². The van der Waals surface area contributed by atoms with Crippen LogP contribution in [0.3, 0.4) is 0 Å². The van der Waals surface area contributed by atoms with E-state index in [1.54, 1.807) is 12.1 Å². The molecule has 19 heavy (non-hydrogen) atoms. The summed E-state index contributed by atoms with van der Waals surface area (Å²) in [7, 11) is 0. The Balaban J connectivity index is 2.10. The fraction of sp³-hybridized carbons (Fsp3) is 0.235. The van der Waals surface area contributed by atoms with Gasteiger partial charge >= 0.3 is 0 Å². The predicted molar refractivity (Wildman–Crippen MR) is 75.0 cm³/mol. The summed E-state index contributed by atoms with van der Waals surface area (Å²) in [6.07, 6.45) is 0.990. The number of carbonyl (C=O) groups is 1. The summed E-state index contributed by atoms with van der Waals surface area (Å²) in [6, 6.07) is 12.6. The minimum atomic E-state index is -0.430. The van der Waals surface area contributed by atoms with Gasteiger partial charge in [0, 0.05) is 6.42 Å². The molecule has 0 atom stereocenters. The molecule has 0 aliphatic rings. The van der Waals surface area contributed by atoms with Gasteiger partial charge in [0.25, 0.3) is 0 Å². The molecule has 0 heterocycles. The molecule has 2 aromatic rings. The third-order valence-electron chi connectivity index (χ3n) is 3.30. The van der Waals surface area contributed by atoms with Gasteiger partial charge in [-0.2, -0.15) is 0 Å². The Morgan fingerprint density at radius 3 is 2.58 bits per heavy atom. The van der Waals surface area contributed by atoms with Crippen molar-refractivity contribution in [2.24, 2.45) is 0 Å². The minimum Gasteiger partial charge on any atom is -0.294 e. The summed E-state index contributed by atoms with van der Waals surface area (Å²) in [5.74, 6) is -0.565. The summed E-state index contributed by atoms with van der Waals surface area (Å²) < 4.78 is 13.6. The van der Waals surface area contributed by atoms with Crippen LogP contribution in [-0.4, -0.2) is 5.78 Å². The molecule has 1 nitrogen and oxygen atoms in total. The highest BCUT2D eigenvalue weighted by Crippen LogP contribution is 2.15. The first kappa shape index (κ1) is 13.5. The van der Waals surface area contributed by atoms with Gasteiger partial charge in [-0.3, -0.25) is 4.79 Å². The third kappa shape index (κ3) is 3.28. The Labute approximate surface area is 113 Å². The molecule has 0 spiro atoms. The van der Waals surface area contributed by atoms with E-state index in [0.717, 1.165) is 11.1 Å². The van der Waals surface area contributed by atoms with Crippen molar-refractivity contribution in [2.45, 2.75) is 26.7 Å². The fourth-order valence-corrected chi connectivity index (χ4v) is 2.13. The van der Waals surface area contributed by atoms with E-state index in [1.807, 2.05) is 38.1 Å². The van der Waals surface area contributed by atoms with E-state index in [9.17, 15) is 9.18 Å². The van der Waals surface area contributed by atoms with Crippen LogP contribution in [0.1, 0.15) is 33.5 Å². The Morgan fingerprint density at radius 2 is 1.84 bits per heavy atom. The Kier molecular flexibility index (Phi) is 4.10. The molecule has 0 aromatic heterocycles. The van der Waals surface area contributed by atoms with Crippen molar-refractivity contribution in [3.05, 3.63) is 70.5 Å². The zero-order chi connectivity index (χ0) is 13.8. The Morgan fingerprint density at radius 1 is 1.11 bits per heavy atom. The first-order chi connectivity index (χ1) is 9.08. The molecular weight excluding hydrogens is 239 g/mol. The van der Waals surface area contributed by atoms with Gasteiger partial charge in [-0.25, -0.2) is 4.39 Å². The summed E-state index contributed by atoms with van der Waals surface area (Å²) in [5.41, 5.74) is 3.41. The van der Waals surface area contributed by atoms with Crippen LogP contribution in [0.5, 0.6) is 0 Å². The number of benzene rings is 2. The van der Waals surface area contributed by atoms with Crippen LogP contribution in [0.15, 0.2) is 42.5 Å². The quantitative estimate of drug-likeness (QED) is 0.747. The molecule has 0 radical (unpaired) electrons. The van der Waals surface area contributed by atoms with Gasteiger partial charge in [-0.05, 0) is 43.5 Å². The molecule has 0 saturated heterocycles. The van der Waals surface area contributed by atoms with E-state index in [0.29, 0.717) is 12.8 Å². The van der Waals surface area contributed by atoms with Gasteiger partial charge in [-0.1, -0.05) is 35.9 Å². The fourth-order valence-electron chi connectivity index (χ4n) is 2.13. The Hall–Kier alpha value is -1.96. The zero-order valence-electron chi connectivity index (χ0n) is 11.2. The lowest BCUT2D eigenvalue weighted by atomic mass is 9.99. The van der Waals surface area contributed by atoms with Crippen LogP contribution >= 0.6 is 0 Å². The average Bonchev–Trinajstić information content (AvgIpc) is 2.40. The number of carbonyl (C=O) groups excluding carboxylic acids is 1. The normalized spacial score (nSPS) is 10.5. The number of hydrogen-bond acceptors (Lipinski definition) is 1. The standard InChI is InChI=1S/C17H17FO/c1-12-7-9-16(18)15(11-12)17(19)10-8-14-6-4-3-5-13(14)2/h3-7,9,11H,8,10H2,1-2H3. The lowest BCUT2D eigenvalue weighted by molar-refractivity contribution is 0.0979. The van der Waals surface area contributed by atoms with Gasteiger partial charge in [0.05, 0.1) is 5.56 Å². The molecule has 0 unspecified atom stereocenters. The van der Waals surface area contributed by atoms with Gasteiger partial charge in [-0.15, -0.1) is 0 Å². The lowest BCUT2D eigenvalue weighted by Gasteiger charge is -2.06. The second kappa shape index (κ2) is 5.79. The monoisotopic (exact) mass is 256 g/mol. The van der Waals surface area contributed by atoms with Crippen molar-refractivity contribution >= 4 is 5.78 Å². The first-order valence-corrected chi connectivity index (χ1v) is 6.42. The highest BCUT2D eigenvalue weighted by molar-refractivity contribution is 5.96. The molecular formula is C17H17FO. The van der Waals surface area contributed by atoms with Crippen molar-refractivity contribution in [2.75, 3.05) is 0 Å². The highest BCUT2D eigenvalue weighted by Gasteiger charge is 2.12. The van der Waals surface area contributed by atoms with Crippen molar-refractivity contribution in [3.63, 3.8) is 0 Å². The maximum atomic E-state index is 13.6. The molecule has 98 valence electrons. The van der Waals surface area contributed by atoms with Crippen molar-refractivity contribution in [1.29, 1.82) is 0 Å². The van der Waals surface area contributed by atoms with E-state index < -0.39 is 5.82 Å². The maximum Gasteiger partial charge on any atom is 0.166 e. The molecule has 2 heteroatoms. The van der Waals surface area contributed by atoms with E-state index in [2.05, 4.69) is 0 Å². The van der Waals surface area contributed by atoms with Crippen LogP contribution in [-0.2, 0) is 6.42 Å². The number of halogens is 1. The molecule has 0 fully saturated rings. The largest absolute Gasteiger partial charge is 0.294 e. The summed E-state index contributed by atoms with van der Waals surface area (Å²) in [5, 5.41) is 0. The second-order valence-corrected chi connectivity index (χ2v) is 4.83. The van der Waals surface area contributed by atoms with Gasteiger partial charge in [0.1, 0.15) is 5.82 Å². The molecule has 0 aliphatic carbocycles. The number of rotatable bonds is 4. The van der Waals surface area contributed by atoms with E-state index >= 15 is 0 Å². The Bertz CT molecular complexity index is 602. The predicted octanol–water partition coefficient (Wildman–Crippen LogP) is 4.26. The van der Waals surface area contributed by atoms with E-state index in [4.69, 9.17) is 0 Å². The molecule has 2 rings (SSSR count). The van der Waals surface area contributed by atoms with Crippen molar-refractivity contribution in [3.8, 4) is 0 Å². The van der Waals surface area contributed by atoms with Crippen molar-refractivity contribution in [1.82, 2.24) is 0 Å². The third-order valence-corrected chi connectivity index (χ3v) is 3.30. The molecule has 0 saturated carbocycles. The van der Waals surface area contributed by atoms with Crippen LogP contribution in [0.2, 0.25) is 0 Å². The first-order valence-electron chi connectivity index (χ1n) is 6.42. The number of Topliss-reactive ketones (excluding diaryl/α,β-unsaturated/α-hetero) is 1. The topological polar surface area (TPSA) is 17.1 Å². The van der Waals surface area contributed by atoms with E-state index in [-0.39, 0.29) is 11.3 Å². The number of hydrogen-bond donors (Lipinski definition) is 0. The van der Waals surface area contributed by atoms with Crippen LogP contribution < -0.4 is 0 Å². The van der Waals surface area contributed by atoms with E-state index in [1.165, 1.54) is 11.6 Å². The summed E-state index contributed by atoms with van der Waals surface area (Å²) >= 11 is 0. The second-order valence-electron chi connectivity index (χ2n) is 4.83. The smallest absolute Gasteiger partial charge is 0.166 e. The maximum absolute atomic E-state index is 13.6. The summed E-state index contributed by atoms with van der Waals surface area (Å²) in [6.45, 7) is 3.88. The number of aryl methyl sites for hydroxylation is 3. The number of ketones is 1. The van der Waals surface area contributed by atoms with Crippen LogP contribution in [0, 0.1) is 19.7 Å². The SMILES string of the molecule is Cc1ccc(F)c(C(=O)CCc2ccccc2C)c1. The van der Waals surface area contributed by atoms with Gasteiger partial charge in [0.15, 0.2) is 5.78 Å². The van der Waals surface area contributed by atoms with Crippen LogP contribution in [0.4, 0.5) is 4.39 Å². The average molecular weight is 256 g/mol. The minimum absolute atomic E-state index is 0.135. The van der Waals surface area contributed by atoms with Crippen molar-refractivity contribution < 1.29 is 9.18 Å². The molecule has 2 aromatic carbocycles. The molecule has 0 bridgehead atoms. The molecule has 0 aliphatic heterocycles. The molecule has 0 N–H and O–H groups in total. The van der Waals surface area contributed by atoms with Crippen LogP contribution in [0.25, 0.3) is 0 Å². The molecule has 0 amide bonds. The lowest BCUT2D eigenvalue weighted by Crippen LogP contribution is -2.05. The highest BCUT2D eigenvalue weighted by atomic mass is 19.1. The van der Waals surface area contributed by atoms with Gasteiger partial charge < -0.3 is 0 Å².